The van der Waals surface area contributed by atoms with Crippen LogP contribution in [0.15, 0.2) is 28.4 Å². The predicted octanol–water partition coefficient (Wildman–Crippen LogP) is 0.869. The molecule has 6 N–H and O–H groups in total. The van der Waals surface area contributed by atoms with E-state index in [9.17, 15) is 19.2 Å². The number of H-pyrrole nitrogens is 1. The van der Waals surface area contributed by atoms with E-state index < -0.39 is 17.4 Å². The first-order valence-electron chi connectivity index (χ1n) is 9.04. The van der Waals surface area contributed by atoms with Gasteiger partial charge < -0.3 is 31.2 Å². The monoisotopic (exact) mass is 481 g/mol. The lowest BCUT2D eigenvalue weighted by atomic mass is 10.1. The summed E-state index contributed by atoms with van der Waals surface area (Å²) >= 11 is 1.10. The van der Waals surface area contributed by atoms with Crippen molar-refractivity contribution in [1.29, 1.82) is 0 Å². The first-order valence-corrected chi connectivity index (χ1v) is 9.92. The summed E-state index contributed by atoms with van der Waals surface area (Å²) in [5.74, 6) is -1.52. The fourth-order valence-corrected chi connectivity index (χ4v) is 3.85. The Morgan fingerprint density at radius 1 is 1.31 bits per heavy atom. The number of anilines is 1. The lowest BCUT2D eigenvalue weighted by Gasteiger charge is -2.18. The number of halogens is 1. The van der Waals surface area contributed by atoms with Crippen LogP contribution in [0.5, 0.6) is 5.75 Å². The van der Waals surface area contributed by atoms with Crippen LogP contribution >= 0.6 is 23.7 Å². The highest BCUT2D eigenvalue weighted by atomic mass is 35.5. The predicted molar refractivity (Wildman–Crippen MR) is 121 cm³/mol. The van der Waals surface area contributed by atoms with E-state index in [4.69, 9.17) is 9.84 Å². The van der Waals surface area contributed by atoms with Crippen LogP contribution in [-0.2, 0) is 22.6 Å². The first-order chi connectivity index (χ1) is 14.9. The second-order valence-corrected chi connectivity index (χ2v) is 7.13. The molecule has 1 aliphatic heterocycles. The number of nitrogens with zero attached hydrogens (tertiary/aromatic N) is 1. The molecular formula is C19H20ClN5O6S. The largest absolute Gasteiger partial charge is 0.482 e. The van der Waals surface area contributed by atoms with Crippen molar-refractivity contribution in [1.82, 2.24) is 15.3 Å². The topological polar surface area (TPSA) is 176 Å². The number of aromatic nitrogens is 2. The molecule has 32 heavy (non-hydrogen) atoms. The fraction of sp³-hybridized carbons (Fsp3) is 0.211. The van der Waals surface area contributed by atoms with Gasteiger partial charge in [-0.25, -0.2) is 4.98 Å². The van der Waals surface area contributed by atoms with Crippen molar-refractivity contribution in [2.75, 3.05) is 19.0 Å². The number of nitrogens with one attached hydrogen (secondary N) is 3. The highest BCUT2D eigenvalue weighted by Crippen LogP contribution is 2.28. The van der Waals surface area contributed by atoms with E-state index in [0.29, 0.717) is 27.4 Å². The molecule has 3 aromatic rings. The van der Waals surface area contributed by atoms with Gasteiger partial charge in [-0.2, -0.15) is 0 Å². The molecule has 0 fully saturated rings. The molecular weight excluding hydrogens is 462 g/mol. The van der Waals surface area contributed by atoms with Gasteiger partial charge in [0.25, 0.3) is 17.4 Å². The standard InChI is InChI=1S/C18H14N4O6S.CH5N.ClH/c23-12-6-28-11-2-1-8(3-10(11)20-12)5-19-17(27)15-21-16(26)14-9(4-13(24)25)7-29-18(14)22-15;1-2;/h1-3,7H,4-6H2,(H,19,27)(H,20,23)(H,24,25)(H,21,22,26);2H2,1H3;1H. The number of amides is 2. The van der Waals surface area contributed by atoms with Crippen LogP contribution in [0, 0.1) is 0 Å². The summed E-state index contributed by atoms with van der Waals surface area (Å²) in [5.41, 5.74) is 5.53. The van der Waals surface area contributed by atoms with E-state index in [-0.39, 0.29) is 49.1 Å². The lowest BCUT2D eigenvalue weighted by molar-refractivity contribution is -0.136. The number of carboxylic acids is 1. The number of carbonyl (C=O) groups is 3. The van der Waals surface area contributed by atoms with Crippen LogP contribution in [0.3, 0.4) is 0 Å². The Morgan fingerprint density at radius 3 is 2.78 bits per heavy atom. The van der Waals surface area contributed by atoms with Crippen LogP contribution in [0.2, 0.25) is 0 Å². The van der Waals surface area contributed by atoms with Crippen LogP contribution < -0.4 is 26.7 Å². The minimum Gasteiger partial charge on any atom is -0.482 e. The van der Waals surface area contributed by atoms with Crippen molar-refractivity contribution in [3.05, 3.63) is 50.9 Å². The zero-order chi connectivity index (χ0) is 22.5. The normalized spacial score (nSPS) is 11.8. The zero-order valence-corrected chi connectivity index (χ0v) is 18.4. The molecule has 0 saturated heterocycles. The van der Waals surface area contributed by atoms with Gasteiger partial charge in [-0.3, -0.25) is 19.2 Å². The Morgan fingerprint density at radius 2 is 2.06 bits per heavy atom. The molecule has 0 spiro atoms. The van der Waals surface area contributed by atoms with Crippen molar-refractivity contribution >= 4 is 57.4 Å². The molecule has 170 valence electrons. The SMILES string of the molecule is CN.Cl.O=C(O)Cc1csc2nc(C(=O)NCc3ccc4c(c3)NC(=O)CO4)[nH]c(=O)c12. The zero-order valence-electron chi connectivity index (χ0n) is 16.8. The van der Waals surface area contributed by atoms with E-state index in [1.165, 1.54) is 7.05 Å². The van der Waals surface area contributed by atoms with Crippen molar-refractivity contribution in [3.63, 3.8) is 0 Å². The summed E-state index contributed by atoms with van der Waals surface area (Å²) < 4.78 is 5.28. The van der Waals surface area contributed by atoms with E-state index in [1.807, 2.05) is 0 Å². The molecule has 4 rings (SSSR count). The van der Waals surface area contributed by atoms with Gasteiger partial charge in [0.2, 0.25) is 5.82 Å². The number of carbonyl (C=O) groups excluding carboxylic acids is 2. The van der Waals surface area contributed by atoms with Gasteiger partial charge >= 0.3 is 5.97 Å². The smallest absolute Gasteiger partial charge is 0.307 e. The summed E-state index contributed by atoms with van der Waals surface area (Å²) in [6.07, 6.45) is -0.297. The van der Waals surface area contributed by atoms with Gasteiger partial charge in [0.05, 0.1) is 17.5 Å². The maximum absolute atomic E-state index is 12.4. The molecule has 1 aromatic carbocycles. The molecule has 2 aromatic heterocycles. The molecule has 0 atom stereocenters. The van der Waals surface area contributed by atoms with Gasteiger partial charge in [0.1, 0.15) is 10.6 Å². The number of fused-ring (bicyclic) bond motifs is 2. The third-order valence-electron chi connectivity index (χ3n) is 4.21. The third-order valence-corrected chi connectivity index (χ3v) is 5.13. The number of carboxylic acid groups (broad SMARTS) is 1. The maximum Gasteiger partial charge on any atom is 0.307 e. The van der Waals surface area contributed by atoms with Gasteiger partial charge in [-0.05, 0) is 35.7 Å². The summed E-state index contributed by atoms with van der Waals surface area (Å²) in [5, 5.41) is 16.0. The number of ether oxygens (including phenoxy) is 1. The molecule has 0 radical (unpaired) electrons. The van der Waals surface area contributed by atoms with Crippen molar-refractivity contribution < 1.29 is 24.2 Å². The van der Waals surface area contributed by atoms with E-state index >= 15 is 0 Å². The number of aromatic amines is 1. The van der Waals surface area contributed by atoms with Crippen LogP contribution in [0.4, 0.5) is 5.69 Å². The number of thiophene rings is 1. The number of benzene rings is 1. The summed E-state index contributed by atoms with van der Waals surface area (Å²) in [6, 6.07) is 5.12. The molecule has 2 amide bonds. The lowest BCUT2D eigenvalue weighted by Crippen LogP contribution is -2.28. The number of nitrogens with two attached hydrogens (primary N) is 1. The highest BCUT2D eigenvalue weighted by Gasteiger charge is 2.18. The molecule has 1 aliphatic rings. The molecule has 0 saturated carbocycles. The van der Waals surface area contributed by atoms with Gasteiger partial charge in [0.15, 0.2) is 6.61 Å². The van der Waals surface area contributed by atoms with Crippen molar-refractivity contribution in [3.8, 4) is 5.75 Å². The van der Waals surface area contributed by atoms with Crippen LogP contribution in [0.25, 0.3) is 10.2 Å². The Hall–Kier alpha value is -3.48. The van der Waals surface area contributed by atoms with Gasteiger partial charge in [-0.15, -0.1) is 23.7 Å². The minimum absolute atomic E-state index is 0. The third kappa shape index (κ3) is 5.41. The average Bonchev–Trinajstić information content (AvgIpc) is 3.15. The Balaban J connectivity index is 0.00000118. The summed E-state index contributed by atoms with van der Waals surface area (Å²) in [7, 11) is 1.50. The number of hydrogen-bond donors (Lipinski definition) is 5. The maximum atomic E-state index is 12.4. The number of aliphatic carboxylic acids is 1. The molecule has 3 heterocycles. The Labute approximate surface area is 191 Å². The average molecular weight is 482 g/mol. The molecule has 0 aliphatic carbocycles. The second-order valence-electron chi connectivity index (χ2n) is 6.28. The van der Waals surface area contributed by atoms with Gasteiger partial charge in [-0.1, -0.05) is 6.07 Å². The minimum atomic E-state index is -1.06. The van der Waals surface area contributed by atoms with Gasteiger partial charge in [0, 0.05) is 6.54 Å². The quantitative estimate of drug-likeness (QED) is 0.356. The highest BCUT2D eigenvalue weighted by molar-refractivity contribution is 7.16. The second kappa shape index (κ2) is 10.7. The van der Waals surface area contributed by atoms with Crippen LogP contribution in [0.1, 0.15) is 21.7 Å². The Kier molecular flexibility index (Phi) is 8.29. The van der Waals surface area contributed by atoms with E-state index in [1.54, 1.807) is 23.6 Å². The molecule has 0 unspecified atom stereocenters. The van der Waals surface area contributed by atoms with Crippen LogP contribution in [-0.4, -0.2) is 46.5 Å². The summed E-state index contributed by atoms with van der Waals surface area (Å²) in [6.45, 7) is 0.0972. The number of hydrogen-bond acceptors (Lipinski definition) is 8. The molecule has 13 heteroatoms. The summed E-state index contributed by atoms with van der Waals surface area (Å²) in [4.78, 5) is 53.9. The first kappa shape index (κ1) is 24.8. The van der Waals surface area contributed by atoms with Crippen molar-refractivity contribution in [2.24, 2.45) is 5.73 Å². The fourth-order valence-electron chi connectivity index (χ4n) is 2.91. The Bertz CT molecular complexity index is 1220. The molecule has 0 bridgehead atoms. The molecule has 11 nitrogen and oxygen atoms in total. The van der Waals surface area contributed by atoms with E-state index in [2.05, 4.69) is 26.3 Å². The van der Waals surface area contributed by atoms with E-state index in [0.717, 1.165) is 11.3 Å². The van der Waals surface area contributed by atoms with Crippen molar-refractivity contribution in [2.45, 2.75) is 13.0 Å². The number of rotatable bonds is 5.